The lowest BCUT2D eigenvalue weighted by atomic mass is 10.0. The van der Waals surface area contributed by atoms with E-state index >= 15 is 0 Å². The molecule has 1 N–H and O–H groups in total. The Labute approximate surface area is 167 Å². The first-order valence-electron chi connectivity index (χ1n) is 9.55. The number of carbonyl (C=O) groups excluding carboxylic acids is 3. The van der Waals surface area contributed by atoms with Crippen molar-refractivity contribution in [1.29, 1.82) is 0 Å². The maximum atomic E-state index is 12.9. The van der Waals surface area contributed by atoms with Gasteiger partial charge in [-0.2, -0.15) is 0 Å². The summed E-state index contributed by atoms with van der Waals surface area (Å²) in [6.45, 7) is 0.453. The van der Waals surface area contributed by atoms with E-state index in [0.29, 0.717) is 35.2 Å². The van der Waals surface area contributed by atoms with Crippen molar-refractivity contribution in [3.05, 3.63) is 70.8 Å². The van der Waals surface area contributed by atoms with Crippen LogP contribution in [0.5, 0.6) is 0 Å². The molecule has 7 nitrogen and oxygen atoms in total. The van der Waals surface area contributed by atoms with Gasteiger partial charge >= 0.3 is 5.97 Å². The van der Waals surface area contributed by atoms with E-state index in [-0.39, 0.29) is 24.3 Å². The van der Waals surface area contributed by atoms with Crippen molar-refractivity contribution in [3.8, 4) is 0 Å². The Morgan fingerprint density at radius 3 is 2.31 bits per heavy atom. The summed E-state index contributed by atoms with van der Waals surface area (Å²) < 4.78 is 0. The SMILES string of the molecule is O=C(O)C1CCCCN1C(=O)c1cccc(CN2C(=O)c3ccccc3C2=O)c1. The van der Waals surface area contributed by atoms with Gasteiger partial charge in [-0.15, -0.1) is 0 Å². The van der Waals surface area contributed by atoms with Gasteiger partial charge in [-0.3, -0.25) is 19.3 Å². The van der Waals surface area contributed by atoms with Gasteiger partial charge in [0.2, 0.25) is 0 Å². The standard InChI is InChI=1S/C22H20N2O5/c25-19(23-11-4-3-10-18(23)22(28)29)15-7-5-6-14(12-15)13-24-20(26)16-8-1-2-9-17(16)21(24)27/h1-2,5-9,12,18H,3-4,10-11,13H2,(H,28,29). The lowest BCUT2D eigenvalue weighted by Gasteiger charge is -2.33. The van der Waals surface area contributed by atoms with Crippen molar-refractivity contribution in [3.63, 3.8) is 0 Å². The molecule has 0 aliphatic carbocycles. The smallest absolute Gasteiger partial charge is 0.326 e. The fourth-order valence-corrected chi connectivity index (χ4v) is 3.97. The predicted molar refractivity (Wildman–Crippen MR) is 103 cm³/mol. The average molecular weight is 392 g/mol. The highest BCUT2D eigenvalue weighted by Gasteiger charge is 2.35. The summed E-state index contributed by atoms with van der Waals surface area (Å²) in [6.07, 6.45) is 1.99. The van der Waals surface area contributed by atoms with E-state index in [0.717, 1.165) is 17.7 Å². The molecule has 29 heavy (non-hydrogen) atoms. The van der Waals surface area contributed by atoms with Crippen molar-refractivity contribution in [2.45, 2.75) is 31.8 Å². The van der Waals surface area contributed by atoms with Gasteiger partial charge < -0.3 is 10.0 Å². The molecule has 1 unspecified atom stereocenters. The maximum absolute atomic E-state index is 12.9. The number of fused-ring (bicyclic) bond motifs is 1. The summed E-state index contributed by atoms with van der Waals surface area (Å²) in [5.41, 5.74) is 1.74. The van der Waals surface area contributed by atoms with Gasteiger partial charge in [0.25, 0.3) is 17.7 Å². The Morgan fingerprint density at radius 2 is 1.66 bits per heavy atom. The molecule has 1 saturated heterocycles. The molecule has 0 saturated carbocycles. The lowest BCUT2D eigenvalue weighted by Crippen LogP contribution is -2.48. The zero-order valence-corrected chi connectivity index (χ0v) is 15.7. The van der Waals surface area contributed by atoms with E-state index in [1.165, 1.54) is 4.90 Å². The number of rotatable bonds is 4. The van der Waals surface area contributed by atoms with Crippen LogP contribution in [0.4, 0.5) is 0 Å². The normalized spacial score (nSPS) is 18.7. The Kier molecular flexibility index (Phi) is 4.88. The van der Waals surface area contributed by atoms with Gasteiger partial charge in [0, 0.05) is 12.1 Å². The van der Waals surface area contributed by atoms with Gasteiger partial charge in [0.15, 0.2) is 0 Å². The van der Waals surface area contributed by atoms with Gasteiger partial charge in [-0.1, -0.05) is 24.3 Å². The second-order valence-electron chi connectivity index (χ2n) is 7.29. The molecule has 2 aromatic carbocycles. The topological polar surface area (TPSA) is 95.0 Å². The number of carboxylic acids is 1. The molecule has 0 radical (unpaired) electrons. The van der Waals surface area contributed by atoms with E-state index in [1.807, 2.05) is 0 Å². The molecule has 1 fully saturated rings. The summed E-state index contributed by atoms with van der Waals surface area (Å²) in [5, 5.41) is 9.42. The number of aliphatic carboxylic acids is 1. The second-order valence-corrected chi connectivity index (χ2v) is 7.29. The van der Waals surface area contributed by atoms with Gasteiger partial charge in [-0.05, 0) is 49.1 Å². The molecule has 2 aromatic rings. The molecule has 3 amide bonds. The van der Waals surface area contributed by atoms with E-state index in [1.54, 1.807) is 48.5 Å². The van der Waals surface area contributed by atoms with Crippen LogP contribution < -0.4 is 0 Å². The van der Waals surface area contributed by atoms with Crippen LogP contribution in [0.15, 0.2) is 48.5 Å². The zero-order valence-electron chi connectivity index (χ0n) is 15.7. The van der Waals surface area contributed by atoms with Crippen molar-refractivity contribution in [2.75, 3.05) is 6.54 Å². The molecule has 0 aromatic heterocycles. The average Bonchev–Trinajstić information content (AvgIpc) is 2.98. The number of hydrogen-bond acceptors (Lipinski definition) is 4. The predicted octanol–water partition coefficient (Wildman–Crippen LogP) is 2.56. The third-order valence-corrected chi connectivity index (χ3v) is 5.44. The fourth-order valence-electron chi connectivity index (χ4n) is 3.97. The zero-order chi connectivity index (χ0) is 20.5. The van der Waals surface area contributed by atoms with Crippen LogP contribution in [0.3, 0.4) is 0 Å². The van der Waals surface area contributed by atoms with Crippen LogP contribution in [-0.2, 0) is 11.3 Å². The van der Waals surface area contributed by atoms with Gasteiger partial charge in [-0.25, -0.2) is 4.79 Å². The largest absolute Gasteiger partial charge is 0.480 e. The molecule has 148 valence electrons. The van der Waals surface area contributed by atoms with Crippen LogP contribution in [0, 0.1) is 0 Å². The molecular weight excluding hydrogens is 372 g/mol. The number of carboxylic acid groups (broad SMARTS) is 1. The Hall–Kier alpha value is -3.48. The van der Waals surface area contributed by atoms with Gasteiger partial charge in [0.1, 0.15) is 6.04 Å². The number of carbonyl (C=O) groups is 4. The van der Waals surface area contributed by atoms with Crippen molar-refractivity contribution >= 4 is 23.7 Å². The first-order chi connectivity index (χ1) is 14.0. The third-order valence-electron chi connectivity index (χ3n) is 5.44. The van der Waals surface area contributed by atoms with E-state index in [2.05, 4.69) is 0 Å². The molecule has 2 aliphatic rings. The molecular formula is C22H20N2O5. The van der Waals surface area contributed by atoms with E-state index in [9.17, 15) is 24.3 Å². The fraction of sp³-hybridized carbons (Fsp3) is 0.273. The molecule has 4 rings (SSSR count). The number of nitrogens with zero attached hydrogens (tertiary/aromatic N) is 2. The molecule has 7 heteroatoms. The molecule has 2 heterocycles. The molecule has 0 spiro atoms. The van der Waals surface area contributed by atoms with Crippen LogP contribution in [0.1, 0.15) is 55.9 Å². The van der Waals surface area contributed by atoms with Crippen LogP contribution in [-0.4, -0.2) is 51.2 Å². The highest BCUT2D eigenvalue weighted by Crippen LogP contribution is 2.25. The number of imide groups is 1. The summed E-state index contributed by atoms with van der Waals surface area (Å²) in [6, 6.07) is 12.5. The molecule has 2 aliphatic heterocycles. The summed E-state index contributed by atoms with van der Waals surface area (Å²) in [7, 11) is 0. The highest BCUT2D eigenvalue weighted by atomic mass is 16.4. The van der Waals surface area contributed by atoms with Crippen LogP contribution in [0.25, 0.3) is 0 Å². The minimum atomic E-state index is -1.000. The number of likely N-dealkylation sites (tertiary alicyclic amines) is 1. The minimum absolute atomic E-state index is 0.0514. The summed E-state index contributed by atoms with van der Waals surface area (Å²) in [4.78, 5) is 52.1. The summed E-state index contributed by atoms with van der Waals surface area (Å²) in [5.74, 6) is -2.06. The maximum Gasteiger partial charge on any atom is 0.326 e. The van der Waals surface area contributed by atoms with Crippen LogP contribution in [0.2, 0.25) is 0 Å². The van der Waals surface area contributed by atoms with Gasteiger partial charge in [0.05, 0.1) is 17.7 Å². The van der Waals surface area contributed by atoms with Crippen LogP contribution >= 0.6 is 0 Å². The highest BCUT2D eigenvalue weighted by molar-refractivity contribution is 6.21. The monoisotopic (exact) mass is 392 g/mol. The molecule has 1 atom stereocenters. The van der Waals surface area contributed by atoms with Crippen molar-refractivity contribution in [2.24, 2.45) is 0 Å². The minimum Gasteiger partial charge on any atom is -0.480 e. The first kappa shape index (κ1) is 18.9. The van der Waals surface area contributed by atoms with Crippen molar-refractivity contribution < 1.29 is 24.3 Å². The lowest BCUT2D eigenvalue weighted by molar-refractivity contribution is -0.143. The quantitative estimate of drug-likeness (QED) is 0.807. The Balaban J connectivity index is 1.55. The number of benzene rings is 2. The van der Waals surface area contributed by atoms with E-state index in [4.69, 9.17) is 0 Å². The first-order valence-corrected chi connectivity index (χ1v) is 9.55. The van der Waals surface area contributed by atoms with Crippen molar-refractivity contribution in [1.82, 2.24) is 9.80 Å². The summed E-state index contributed by atoms with van der Waals surface area (Å²) >= 11 is 0. The number of hydrogen-bond donors (Lipinski definition) is 1. The third kappa shape index (κ3) is 3.40. The Morgan fingerprint density at radius 1 is 0.966 bits per heavy atom. The van der Waals surface area contributed by atoms with E-state index < -0.39 is 12.0 Å². The number of amides is 3. The second kappa shape index (κ2) is 7.50. The molecule has 0 bridgehead atoms. The Bertz CT molecular complexity index is 981. The number of piperidine rings is 1.